The van der Waals surface area contributed by atoms with Gasteiger partial charge in [0.2, 0.25) is 0 Å². The van der Waals surface area contributed by atoms with Gasteiger partial charge in [0, 0.05) is 25.0 Å². The number of aliphatic imine (C=N–C) groups is 1. The van der Waals surface area contributed by atoms with Crippen LogP contribution in [0.15, 0.2) is 29.0 Å². The molecule has 0 radical (unpaired) electrons. The fourth-order valence-electron chi connectivity index (χ4n) is 1.87. The van der Waals surface area contributed by atoms with Gasteiger partial charge in [0.05, 0.1) is 6.10 Å². The Balaban J connectivity index is 2.51. The molecule has 17 heavy (non-hydrogen) atoms. The summed E-state index contributed by atoms with van der Waals surface area (Å²) in [4.78, 5) is 6.44. The van der Waals surface area contributed by atoms with E-state index in [0.717, 1.165) is 37.3 Å². The number of allylic oxidation sites excluding steroid dienone is 2. The van der Waals surface area contributed by atoms with E-state index in [0.29, 0.717) is 6.54 Å². The number of piperidine rings is 1. The molecular formula is C13H23N3O. The highest BCUT2D eigenvalue weighted by atomic mass is 16.3. The molecule has 4 nitrogen and oxygen atoms in total. The zero-order valence-electron chi connectivity index (χ0n) is 10.8. The van der Waals surface area contributed by atoms with Gasteiger partial charge < -0.3 is 15.7 Å². The van der Waals surface area contributed by atoms with Crippen LogP contribution in [0.4, 0.5) is 0 Å². The molecule has 1 aliphatic heterocycles. The van der Waals surface area contributed by atoms with E-state index in [9.17, 15) is 5.11 Å². The summed E-state index contributed by atoms with van der Waals surface area (Å²) in [6.45, 7) is 5.66. The molecule has 0 aliphatic carbocycles. The minimum atomic E-state index is -0.220. The van der Waals surface area contributed by atoms with Crippen molar-refractivity contribution in [3.8, 4) is 0 Å². The normalized spacial score (nSPS) is 23.5. The van der Waals surface area contributed by atoms with Gasteiger partial charge in [0.25, 0.3) is 0 Å². The van der Waals surface area contributed by atoms with E-state index >= 15 is 0 Å². The van der Waals surface area contributed by atoms with Crippen molar-refractivity contribution in [3.05, 3.63) is 24.0 Å². The molecule has 1 aliphatic rings. The van der Waals surface area contributed by atoms with Crippen LogP contribution in [0.2, 0.25) is 0 Å². The molecule has 1 unspecified atom stereocenters. The lowest BCUT2D eigenvalue weighted by Gasteiger charge is -2.31. The summed E-state index contributed by atoms with van der Waals surface area (Å²) in [6, 6.07) is 0. The number of nitrogens with two attached hydrogens (primary N) is 1. The van der Waals surface area contributed by atoms with Crippen LogP contribution < -0.4 is 5.73 Å². The lowest BCUT2D eigenvalue weighted by molar-refractivity contribution is 0.103. The lowest BCUT2D eigenvalue weighted by Crippen LogP contribution is -2.40. The van der Waals surface area contributed by atoms with Crippen molar-refractivity contribution in [1.82, 2.24) is 4.90 Å². The van der Waals surface area contributed by atoms with E-state index in [4.69, 9.17) is 5.73 Å². The third-order valence-electron chi connectivity index (χ3n) is 2.82. The van der Waals surface area contributed by atoms with E-state index in [1.54, 1.807) is 12.3 Å². The first-order valence-corrected chi connectivity index (χ1v) is 6.23. The first kappa shape index (κ1) is 13.8. The fraction of sp³-hybridized carbons (Fsp3) is 0.615. The van der Waals surface area contributed by atoms with Gasteiger partial charge in [-0.2, -0.15) is 0 Å². The molecule has 96 valence electrons. The summed E-state index contributed by atoms with van der Waals surface area (Å²) >= 11 is 0. The summed E-state index contributed by atoms with van der Waals surface area (Å²) in [6.07, 6.45) is 8.10. The topological polar surface area (TPSA) is 61.8 Å². The van der Waals surface area contributed by atoms with Crippen molar-refractivity contribution in [3.63, 3.8) is 0 Å². The lowest BCUT2D eigenvalue weighted by atomic mass is 10.1. The van der Waals surface area contributed by atoms with Crippen molar-refractivity contribution in [2.45, 2.75) is 39.2 Å². The molecule has 0 saturated carbocycles. The molecular weight excluding hydrogens is 214 g/mol. The Bertz CT molecular complexity index is 321. The van der Waals surface area contributed by atoms with Gasteiger partial charge in [-0.3, -0.25) is 0 Å². The van der Waals surface area contributed by atoms with Crippen LogP contribution in [0.5, 0.6) is 0 Å². The molecule has 1 heterocycles. The Kier molecular flexibility index (Phi) is 5.77. The summed E-state index contributed by atoms with van der Waals surface area (Å²) < 4.78 is 0. The zero-order chi connectivity index (χ0) is 12.7. The standard InChI is InChI=1S/C13H23N3O/c1-3-5-12(14)7-8-15-11(2)16-9-4-6-13(17)10-16/h5,7-8,13,17H,3-4,6,9-10,14H2,1-2H3/b8-7-,12-5-,15-11?. The van der Waals surface area contributed by atoms with Gasteiger partial charge in [0.1, 0.15) is 5.84 Å². The second-order valence-electron chi connectivity index (χ2n) is 4.35. The predicted octanol–water partition coefficient (Wildman–Crippen LogP) is 1.63. The average molecular weight is 237 g/mol. The highest BCUT2D eigenvalue weighted by molar-refractivity contribution is 5.80. The second kappa shape index (κ2) is 7.12. The summed E-state index contributed by atoms with van der Waals surface area (Å²) in [5.74, 6) is 0.935. The van der Waals surface area contributed by atoms with Gasteiger partial charge in [-0.25, -0.2) is 4.99 Å². The van der Waals surface area contributed by atoms with Crippen molar-refractivity contribution in [2.24, 2.45) is 10.7 Å². The van der Waals surface area contributed by atoms with Crippen molar-refractivity contribution in [1.29, 1.82) is 0 Å². The van der Waals surface area contributed by atoms with Crippen LogP contribution >= 0.6 is 0 Å². The molecule has 1 saturated heterocycles. The number of β-amino-alcohol motifs (C(OH)–C–C–N with tert-alkyl or cyclic N) is 1. The number of aliphatic hydroxyl groups excluding tert-OH is 1. The molecule has 1 rings (SSSR count). The Hall–Kier alpha value is -1.29. The largest absolute Gasteiger partial charge is 0.399 e. The van der Waals surface area contributed by atoms with Gasteiger partial charge in [-0.05, 0) is 32.3 Å². The Morgan fingerprint density at radius 1 is 1.59 bits per heavy atom. The molecule has 0 aromatic heterocycles. The van der Waals surface area contributed by atoms with Crippen molar-refractivity contribution in [2.75, 3.05) is 13.1 Å². The van der Waals surface area contributed by atoms with Crippen LogP contribution in [-0.2, 0) is 0 Å². The third kappa shape index (κ3) is 5.04. The monoisotopic (exact) mass is 237 g/mol. The Morgan fingerprint density at radius 2 is 2.35 bits per heavy atom. The van der Waals surface area contributed by atoms with E-state index < -0.39 is 0 Å². The molecule has 3 N–H and O–H groups in total. The second-order valence-corrected chi connectivity index (χ2v) is 4.35. The fourth-order valence-corrected chi connectivity index (χ4v) is 1.87. The summed E-state index contributed by atoms with van der Waals surface area (Å²) in [7, 11) is 0. The number of aliphatic hydroxyl groups is 1. The van der Waals surface area contributed by atoms with Crippen LogP contribution in [0.1, 0.15) is 33.1 Å². The molecule has 1 atom stereocenters. The first-order valence-electron chi connectivity index (χ1n) is 6.23. The van der Waals surface area contributed by atoms with Crippen LogP contribution in [-0.4, -0.2) is 35.0 Å². The van der Waals surface area contributed by atoms with Gasteiger partial charge >= 0.3 is 0 Å². The van der Waals surface area contributed by atoms with Crippen molar-refractivity contribution >= 4 is 5.84 Å². The van der Waals surface area contributed by atoms with Crippen LogP contribution in [0, 0.1) is 0 Å². The van der Waals surface area contributed by atoms with Crippen LogP contribution in [0.3, 0.4) is 0 Å². The number of hydrogen-bond donors (Lipinski definition) is 2. The summed E-state index contributed by atoms with van der Waals surface area (Å²) in [5, 5.41) is 9.57. The first-order chi connectivity index (χ1) is 8.13. The molecule has 1 fully saturated rings. The molecule has 0 spiro atoms. The maximum Gasteiger partial charge on any atom is 0.101 e. The molecule has 4 heteroatoms. The quantitative estimate of drug-likeness (QED) is 0.445. The average Bonchev–Trinajstić information content (AvgIpc) is 2.29. The van der Waals surface area contributed by atoms with Crippen LogP contribution in [0.25, 0.3) is 0 Å². The zero-order valence-corrected chi connectivity index (χ0v) is 10.8. The predicted molar refractivity (Wildman–Crippen MR) is 71.6 cm³/mol. The minimum Gasteiger partial charge on any atom is -0.399 e. The maximum absolute atomic E-state index is 9.57. The Morgan fingerprint density at radius 3 is 3.00 bits per heavy atom. The third-order valence-corrected chi connectivity index (χ3v) is 2.82. The summed E-state index contributed by atoms with van der Waals surface area (Å²) in [5.41, 5.74) is 6.46. The maximum atomic E-state index is 9.57. The number of hydrogen-bond acceptors (Lipinski definition) is 3. The van der Waals surface area contributed by atoms with Crippen molar-refractivity contribution < 1.29 is 5.11 Å². The Labute approximate surface area is 104 Å². The van der Waals surface area contributed by atoms with E-state index in [2.05, 4.69) is 9.89 Å². The van der Waals surface area contributed by atoms with Gasteiger partial charge in [0.15, 0.2) is 0 Å². The molecule has 0 aromatic carbocycles. The minimum absolute atomic E-state index is 0.220. The highest BCUT2D eigenvalue weighted by Gasteiger charge is 2.17. The number of amidine groups is 1. The van der Waals surface area contributed by atoms with E-state index in [-0.39, 0.29) is 6.10 Å². The van der Waals surface area contributed by atoms with Gasteiger partial charge in [-0.1, -0.05) is 13.0 Å². The highest BCUT2D eigenvalue weighted by Crippen LogP contribution is 2.10. The van der Waals surface area contributed by atoms with Gasteiger partial charge in [-0.15, -0.1) is 0 Å². The SMILES string of the molecule is CC/C=C(N)/C=C\N=C(C)N1CCCC(O)C1. The van der Waals surface area contributed by atoms with E-state index in [1.165, 1.54) is 0 Å². The molecule has 0 aromatic rings. The smallest absolute Gasteiger partial charge is 0.101 e. The van der Waals surface area contributed by atoms with E-state index in [1.807, 2.05) is 19.9 Å². The number of rotatable bonds is 3. The number of likely N-dealkylation sites (tertiary alicyclic amines) is 1. The number of nitrogens with zero attached hydrogens (tertiary/aromatic N) is 2. The molecule has 0 amide bonds. The molecule has 0 bridgehead atoms.